The Morgan fingerprint density at radius 3 is 2.62 bits per heavy atom. The average Bonchev–Trinajstić information content (AvgIpc) is 2.18. The molecule has 0 fully saturated rings. The maximum atomic E-state index is 5.32. The fourth-order valence-electron chi connectivity index (χ4n) is 0.860. The lowest BCUT2D eigenvalue weighted by Crippen LogP contribution is -1.92. The molecular formula is C12H18O. The van der Waals surface area contributed by atoms with Crippen LogP contribution < -0.4 is 4.74 Å². The zero-order chi connectivity index (χ0) is 10.1. The van der Waals surface area contributed by atoms with Gasteiger partial charge < -0.3 is 4.74 Å². The van der Waals surface area contributed by atoms with E-state index in [0.717, 1.165) is 5.75 Å². The molecule has 0 aliphatic heterocycles. The van der Waals surface area contributed by atoms with Crippen LogP contribution in [0.25, 0.3) is 0 Å². The third-order valence-electron chi connectivity index (χ3n) is 1.36. The standard InChI is InChI=1S/C10H12O.C2H6/c1-3-7-11-10-6-4-5-9(2)8-10;1-2/h3-6,8H,1,7H2,2H3;1-2H3. The molecule has 1 nitrogen and oxygen atoms in total. The molecule has 0 radical (unpaired) electrons. The quantitative estimate of drug-likeness (QED) is 0.643. The van der Waals surface area contributed by atoms with Gasteiger partial charge in [-0.15, -0.1) is 0 Å². The van der Waals surface area contributed by atoms with Crippen LogP contribution in [0.3, 0.4) is 0 Å². The van der Waals surface area contributed by atoms with Gasteiger partial charge in [0.2, 0.25) is 0 Å². The maximum Gasteiger partial charge on any atom is 0.120 e. The Morgan fingerprint density at radius 1 is 1.38 bits per heavy atom. The molecule has 1 rings (SSSR count). The summed E-state index contributed by atoms with van der Waals surface area (Å²) in [6.45, 7) is 10.2. The van der Waals surface area contributed by atoms with Gasteiger partial charge in [0.15, 0.2) is 0 Å². The molecule has 0 aliphatic rings. The van der Waals surface area contributed by atoms with Crippen LogP contribution in [0.15, 0.2) is 36.9 Å². The molecule has 0 heterocycles. The van der Waals surface area contributed by atoms with Crippen LogP contribution in [0.5, 0.6) is 5.75 Å². The Morgan fingerprint density at radius 2 is 2.08 bits per heavy atom. The van der Waals surface area contributed by atoms with E-state index in [-0.39, 0.29) is 0 Å². The van der Waals surface area contributed by atoms with Crippen LogP contribution in [0, 0.1) is 6.92 Å². The fourth-order valence-corrected chi connectivity index (χ4v) is 0.860. The molecule has 1 heteroatoms. The van der Waals surface area contributed by atoms with Crippen molar-refractivity contribution in [1.29, 1.82) is 0 Å². The van der Waals surface area contributed by atoms with Crippen molar-refractivity contribution in [1.82, 2.24) is 0 Å². The van der Waals surface area contributed by atoms with Crippen molar-refractivity contribution in [2.75, 3.05) is 6.61 Å². The molecule has 0 unspecified atom stereocenters. The van der Waals surface area contributed by atoms with Crippen LogP contribution in [0.1, 0.15) is 19.4 Å². The summed E-state index contributed by atoms with van der Waals surface area (Å²) in [5, 5.41) is 0. The predicted molar refractivity (Wildman–Crippen MR) is 58.2 cm³/mol. The molecule has 0 aromatic heterocycles. The van der Waals surface area contributed by atoms with E-state index in [1.165, 1.54) is 5.56 Å². The molecule has 0 saturated heterocycles. The van der Waals surface area contributed by atoms with Crippen molar-refractivity contribution in [3.8, 4) is 5.75 Å². The van der Waals surface area contributed by atoms with Gasteiger partial charge in [-0.25, -0.2) is 0 Å². The lowest BCUT2D eigenvalue weighted by molar-refractivity contribution is 0.363. The monoisotopic (exact) mass is 178 g/mol. The largest absolute Gasteiger partial charge is 0.490 e. The third-order valence-corrected chi connectivity index (χ3v) is 1.36. The Bertz CT molecular complexity index is 241. The normalized spacial score (nSPS) is 8.23. The van der Waals surface area contributed by atoms with Gasteiger partial charge in [0.25, 0.3) is 0 Å². The van der Waals surface area contributed by atoms with Gasteiger partial charge in [-0.3, -0.25) is 0 Å². The summed E-state index contributed by atoms with van der Waals surface area (Å²) in [4.78, 5) is 0. The van der Waals surface area contributed by atoms with E-state index < -0.39 is 0 Å². The van der Waals surface area contributed by atoms with Crippen molar-refractivity contribution in [2.45, 2.75) is 20.8 Å². The Labute approximate surface area is 81.1 Å². The maximum absolute atomic E-state index is 5.32. The summed E-state index contributed by atoms with van der Waals surface area (Å²) in [6, 6.07) is 7.97. The van der Waals surface area contributed by atoms with Gasteiger partial charge in [0, 0.05) is 0 Å². The molecule has 13 heavy (non-hydrogen) atoms. The number of ether oxygens (including phenoxy) is 1. The second-order valence-electron chi connectivity index (χ2n) is 2.42. The summed E-state index contributed by atoms with van der Waals surface area (Å²) < 4.78 is 5.32. The Hall–Kier alpha value is -1.24. The Balaban J connectivity index is 0.000000671. The molecule has 72 valence electrons. The van der Waals surface area contributed by atoms with Crippen molar-refractivity contribution >= 4 is 0 Å². The third kappa shape index (κ3) is 5.07. The highest BCUT2D eigenvalue weighted by Crippen LogP contribution is 2.11. The highest BCUT2D eigenvalue weighted by Gasteiger charge is 1.89. The lowest BCUT2D eigenvalue weighted by Gasteiger charge is -2.02. The van der Waals surface area contributed by atoms with E-state index in [9.17, 15) is 0 Å². The molecular weight excluding hydrogens is 160 g/mol. The van der Waals surface area contributed by atoms with Crippen molar-refractivity contribution in [3.63, 3.8) is 0 Å². The topological polar surface area (TPSA) is 9.23 Å². The summed E-state index contributed by atoms with van der Waals surface area (Å²) in [5.74, 6) is 0.907. The van der Waals surface area contributed by atoms with Gasteiger partial charge >= 0.3 is 0 Å². The van der Waals surface area contributed by atoms with Crippen LogP contribution in [0.2, 0.25) is 0 Å². The van der Waals surface area contributed by atoms with Crippen molar-refractivity contribution < 1.29 is 4.74 Å². The molecule has 0 atom stereocenters. The summed E-state index contributed by atoms with van der Waals surface area (Å²) in [7, 11) is 0. The fraction of sp³-hybridized carbons (Fsp3) is 0.333. The number of rotatable bonds is 3. The molecule has 1 aromatic carbocycles. The molecule has 0 spiro atoms. The summed E-state index contributed by atoms with van der Waals surface area (Å²) >= 11 is 0. The minimum atomic E-state index is 0.573. The van der Waals surface area contributed by atoms with Crippen molar-refractivity contribution in [3.05, 3.63) is 42.5 Å². The average molecular weight is 178 g/mol. The second kappa shape index (κ2) is 7.41. The minimum Gasteiger partial charge on any atom is -0.490 e. The molecule has 0 amide bonds. The number of benzene rings is 1. The first-order chi connectivity index (χ1) is 6.33. The first-order valence-corrected chi connectivity index (χ1v) is 4.63. The molecule has 1 aromatic rings. The zero-order valence-electron chi connectivity index (χ0n) is 8.71. The van der Waals surface area contributed by atoms with E-state index in [2.05, 4.69) is 6.58 Å². The summed E-state index contributed by atoms with van der Waals surface area (Å²) in [5.41, 5.74) is 1.21. The number of aryl methyl sites for hydroxylation is 1. The first-order valence-electron chi connectivity index (χ1n) is 4.63. The van der Waals surface area contributed by atoms with E-state index in [1.807, 2.05) is 45.0 Å². The Kier molecular flexibility index (Phi) is 6.70. The van der Waals surface area contributed by atoms with Gasteiger partial charge in [-0.05, 0) is 24.6 Å². The van der Waals surface area contributed by atoms with E-state index in [4.69, 9.17) is 4.74 Å². The highest BCUT2D eigenvalue weighted by atomic mass is 16.5. The molecule has 0 bridgehead atoms. The van der Waals surface area contributed by atoms with Gasteiger partial charge in [-0.1, -0.05) is 38.6 Å². The second-order valence-corrected chi connectivity index (χ2v) is 2.42. The van der Waals surface area contributed by atoms with E-state index in [0.29, 0.717) is 6.61 Å². The van der Waals surface area contributed by atoms with Crippen LogP contribution in [-0.4, -0.2) is 6.61 Å². The zero-order valence-corrected chi connectivity index (χ0v) is 8.71. The smallest absolute Gasteiger partial charge is 0.120 e. The minimum absolute atomic E-state index is 0.573. The molecule has 0 aliphatic carbocycles. The summed E-state index contributed by atoms with van der Waals surface area (Å²) in [6.07, 6.45) is 1.74. The molecule has 0 saturated carbocycles. The predicted octanol–water partition coefficient (Wildman–Crippen LogP) is 3.59. The molecule has 0 N–H and O–H groups in total. The SMILES string of the molecule is C=CCOc1cccc(C)c1.CC. The van der Waals surface area contributed by atoms with Gasteiger partial charge in [0.1, 0.15) is 12.4 Å². The van der Waals surface area contributed by atoms with Crippen LogP contribution in [0.4, 0.5) is 0 Å². The lowest BCUT2D eigenvalue weighted by atomic mass is 10.2. The van der Waals surface area contributed by atoms with E-state index in [1.54, 1.807) is 6.08 Å². The number of hydrogen-bond donors (Lipinski definition) is 0. The van der Waals surface area contributed by atoms with Gasteiger partial charge in [-0.2, -0.15) is 0 Å². The highest BCUT2D eigenvalue weighted by molar-refractivity contribution is 5.27. The van der Waals surface area contributed by atoms with Crippen LogP contribution in [-0.2, 0) is 0 Å². The number of hydrogen-bond acceptors (Lipinski definition) is 1. The van der Waals surface area contributed by atoms with Crippen molar-refractivity contribution in [2.24, 2.45) is 0 Å². The van der Waals surface area contributed by atoms with Gasteiger partial charge in [0.05, 0.1) is 0 Å². The first kappa shape index (κ1) is 11.8. The van der Waals surface area contributed by atoms with E-state index >= 15 is 0 Å². The van der Waals surface area contributed by atoms with Crippen LogP contribution >= 0.6 is 0 Å².